The fourth-order valence-electron chi connectivity index (χ4n) is 2.52. The van der Waals surface area contributed by atoms with Gasteiger partial charge in [-0.1, -0.05) is 6.07 Å². The number of nitrogens with zero attached hydrogens (tertiary/aromatic N) is 2. The molecule has 0 atom stereocenters. The second-order valence-electron chi connectivity index (χ2n) is 6.22. The highest BCUT2D eigenvalue weighted by Gasteiger charge is 2.32. The first-order valence-corrected chi connectivity index (χ1v) is 10.5. The van der Waals surface area contributed by atoms with Crippen molar-refractivity contribution in [3.8, 4) is 11.5 Å². The molecule has 0 unspecified atom stereocenters. The van der Waals surface area contributed by atoms with E-state index in [-0.39, 0.29) is 5.69 Å². The average molecular weight is 459 g/mol. The number of halogens is 3. The third-order valence-corrected chi connectivity index (χ3v) is 5.12. The number of ether oxygens (including phenoxy) is 2. The minimum atomic E-state index is -4.67. The fourth-order valence-corrected chi connectivity index (χ4v) is 3.37. The van der Waals surface area contributed by atoms with Gasteiger partial charge in [0.1, 0.15) is 18.0 Å². The van der Waals surface area contributed by atoms with Gasteiger partial charge in [-0.2, -0.15) is 18.3 Å². The Morgan fingerprint density at radius 2 is 1.87 bits per heavy atom. The molecule has 2 aromatic rings. The van der Waals surface area contributed by atoms with Gasteiger partial charge in [0.2, 0.25) is 10.0 Å². The van der Waals surface area contributed by atoms with Crippen molar-refractivity contribution in [2.75, 3.05) is 31.3 Å². The Labute approximate surface area is 177 Å². The summed E-state index contributed by atoms with van der Waals surface area (Å²) in [7, 11) is -1.14. The molecule has 0 spiro atoms. The number of carbonyl (C=O) groups is 1. The average Bonchev–Trinajstić information content (AvgIpc) is 2.70. The summed E-state index contributed by atoms with van der Waals surface area (Å²) in [5.74, 6) is 0.0999. The molecule has 8 nitrogen and oxygen atoms in total. The molecule has 0 aliphatic heterocycles. The molecule has 0 bridgehead atoms. The van der Waals surface area contributed by atoms with E-state index < -0.39 is 34.2 Å². The number of hydrogen-bond acceptors (Lipinski definition) is 6. The van der Waals surface area contributed by atoms with Crippen LogP contribution < -0.4 is 19.2 Å². The zero-order valence-corrected chi connectivity index (χ0v) is 17.6. The maximum Gasteiger partial charge on any atom is 0.416 e. The number of hydrogen-bond donors (Lipinski definition) is 1. The van der Waals surface area contributed by atoms with Crippen molar-refractivity contribution >= 4 is 27.8 Å². The van der Waals surface area contributed by atoms with Gasteiger partial charge in [-0.15, -0.1) is 0 Å². The number of benzene rings is 2. The highest BCUT2D eigenvalue weighted by atomic mass is 32.2. The minimum Gasteiger partial charge on any atom is -0.497 e. The van der Waals surface area contributed by atoms with Crippen molar-refractivity contribution in [1.82, 2.24) is 5.43 Å². The van der Waals surface area contributed by atoms with Crippen molar-refractivity contribution in [3.05, 3.63) is 53.6 Å². The van der Waals surface area contributed by atoms with Gasteiger partial charge in [0, 0.05) is 5.56 Å². The van der Waals surface area contributed by atoms with E-state index in [1.165, 1.54) is 20.4 Å². The van der Waals surface area contributed by atoms with E-state index in [2.05, 4.69) is 10.5 Å². The first-order valence-electron chi connectivity index (χ1n) is 8.64. The Balaban J connectivity index is 2.19. The summed E-state index contributed by atoms with van der Waals surface area (Å²) in [5.41, 5.74) is 1.28. The Bertz CT molecular complexity index is 1070. The summed E-state index contributed by atoms with van der Waals surface area (Å²) in [6.45, 7) is -0.771. The summed E-state index contributed by atoms with van der Waals surface area (Å²) in [5, 5.41) is 3.75. The quantitative estimate of drug-likeness (QED) is 0.484. The summed E-state index contributed by atoms with van der Waals surface area (Å²) in [6.07, 6.45) is -2.62. The molecule has 0 aliphatic carbocycles. The number of methoxy groups -OCH3 is 2. The summed E-state index contributed by atoms with van der Waals surface area (Å²) < 4.78 is 73.8. The van der Waals surface area contributed by atoms with E-state index in [0.717, 1.165) is 24.5 Å². The molecule has 0 fully saturated rings. The first-order chi connectivity index (χ1) is 14.5. The molecule has 1 amide bonds. The van der Waals surface area contributed by atoms with E-state index in [0.29, 0.717) is 27.4 Å². The SMILES string of the molecule is COc1ccc(OC)c(C=NNC(=O)CN(c2cccc(C(F)(F)F)c2)S(C)(=O)=O)c1. The molecular formula is C19H20F3N3O5S. The lowest BCUT2D eigenvalue weighted by Crippen LogP contribution is -2.39. The number of hydrazone groups is 1. The van der Waals surface area contributed by atoms with Gasteiger partial charge in [-0.25, -0.2) is 13.8 Å². The van der Waals surface area contributed by atoms with Crippen molar-refractivity contribution in [2.45, 2.75) is 6.18 Å². The van der Waals surface area contributed by atoms with Crippen molar-refractivity contribution < 1.29 is 35.9 Å². The fraction of sp³-hybridized carbons (Fsp3) is 0.263. The highest BCUT2D eigenvalue weighted by molar-refractivity contribution is 7.92. The molecule has 0 saturated heterocycles. The molecule has 2 aromatic carbocycles. The smallest absolute Gasteiger partial charge is 0.416 e. The van der Waals surface area contributed by atoms with Gasteiger partial charge < -0.3 is 9.47 Å². The molecule has 0 radical (unpaired) electrons. The van der Waals surface area contributed by atoms with Gasteiger partial charge in [0.15, 0.2) is 0 Å². The Morgan fingerprint density at radius 3 is 2.45 bits per heavy atom. The molecule has 12 heteroatoms. The van der Waals surface area contributed by atoms with Crippen molar-refractivity contribution in [3.63, 3.8) is 0 Å². The van der Waals surface area contributed by atoms with E-state index >= 15 is 0 Å². The van der Waals surface area contributed by atoms with E-state index in [1.807, 2.05) is 0 Å². The van der Waals surface area contributed by atoms with Crippen LogP contribution in [0.1, 0.15) is 11.1 Å². The van der Waals surface area contributed by atoms with Crippen LogP contribution in [0.2, 0.25) is 0 Å². The van der Waals surface area contributed by atoms with Gasteiger partial charge in [-0.3, -0.25) is 9.10 Å². The first kappa shape index (κ1) is 24.0. The van der Waals surface area contributed by atoms with E-state index in [1.54, 1.807) is 18.2 Å². The number of anilines is 1. The standard InChI is InChI=1S/C19H20F3N3O5S/c1-29-16-7-8-17(30-2)13(9-16)11-23-24-18(26)12-25(31(3,27)28)15-6-4-5-14(10-15)19(20,21)22/h4-11H,12H2,1-3H3,(H,24,26). The minimum absolute atomic E-state index is 0.300. The summed E-state index contributed by atoms with van der Waals surface area (Å²) in [6, 6.07) is 8.55. The van der Waals surface area contributed by atoms with Gasteiger partial charge in [-0.05, 0) is 36.4 Å². The summed E-state index contributed by atoms with van der Waals surface area (Å²) in [4.78, 5) is 12.2. The molecule has 0 saturated carbocycles. The predicted octanol–water partition coefficient (Wildman–Crippen LogP) is 2.64. The molecule has 0 aliphatic rings. The van der Waals surface area contributed by atoms with Crippen molar-refractivity contribution in [1.29, 1.82) is 0 Å². The van der Waals surface area contributed by atoms with Crippen LogP contribution >= 0.6 is 0 Å². The third kappa shape index (κ3) is 6.60. The normalized spacial score (nSPS) is 11.9. The Morgan fingerprint density at radius 1 is 1.16 bits per heavy atom. The second kappa shape index (κ2) is 9.69. The lowest BCUT2D eigenvalue weighted by molar-refractivity contribution is -0.137. The molecule has 168 valence electrons. The topological polar surface area (TPSA) is 97.3 Å². The molecule has 1 N–H and O–H groups in total. The second-order valence-corrected chi connectivity index (χ2v) is 8.13. The third-order valence-electron chi connectivity index (χ3n) is 3.98. The maximum atomic E-state index is 12.9. The number of sulfonamides is 1. The van der Waals surface area contributed by atoms with Crippen LogP contribution in [0.4, 0.5) is 18.9 Å². The van der Waals surface area contributed by atoms with E-state index in [4.69, 9.17) is 9.47 Å². The number of carbonyl (C=O) groups excluding carboxylic acids is 1. The maximum absolute atomic E-state index is 12.9. The number of rotatable bonds is 8. The molecule has 31 heavy (non-hydrogen) atoms. The van der Waals surface area contributed by atoms with Gasteiger partial charge in [0.25, 0.3) is 5.91 Å². The van der Waals surface area contributed by atoms with Crippen LogP contribution in [-0.2, 0) is 21.0 Å². The molecular weight excluding hydrogens is 439 g/mol. The van der Waals surface area contributed by atoms with Crippen LogP contribution in [0.3, 0.4) is 0 Å². The summed E-state index contributed by atoms with van der Waals surface area (Å²) >= 11 is 0. The highest BCUT2D eigenvalue weighted by Crippen LogP contribution is 2.32. The molecule has 0 aromatic heterocycles. The van der Waals surface area contributed by atoms with Crippen LogP contribution in [-0.4, -0.2) is 47.6 Å². The van der Waals surface area contributed by atoms with Crippen molar-refractivity contribution in [2.24, 2.45) is 5.10 Å². The number of alkyl halides is 3. The van der Waals surface area contributed by atoms with Gasteiger partial charge in [0.05, 0.1) is 37.9 Å². The van der Waals surface area contributed by atoms with E-state index in [9.17, 15) is 26.4 Å². The largest absolute Gasteiger partial charge is 0.497 e. The lowest BCUT2D eigenvalue weighted by atomic mass is 10.2. The monoisotopic (exact) mass is 459 g/mol. The Hall–Kier alpha value is -3.28. The van der Waals surface area contributed by atoms with Crippen LogP contribution in [0, 0.1) is 0 Å². The predicted molar refractivity (Wildman–Crippen MR) is 109 cm³/mol. The van der Waals surface area contributed by atoms with Gasteiger partial charge >= 0.3 is 6.18 Å². The zero-order valence-electron chi connectivity index (χ0n) is 16.8. The Kier molecular flexibility index (Phi) is 7.50. The van der Waals surface area contributed by atoms with Crippen LogP contribution in [0.15, 0.2) is 47.6 Å². The molecule has 0 heterocycles. The number of amides is 1. The lowest BCUT2D eigenvalue weighted by Gasteiger charge is -2.22. The number of nitrogens with one attached hydrogen (secondary N) is 1. The zero-order chi connectivity index (χ0) is 23.2. The molecule has 2 rings (SSSR count). The van der Waals surface area contributed by atoms with Crippen LogP contribution in [0.5, 0.6) is 11.5 Å². The van der Waals surface area contributed by atoms with Crippen LogP contribution in [0.25, 0.3) is 0 Å².